The van der Waals surface area contributed by atoms with Gasteiger partial charge in [0.25, 0.3) is 5.91 Å². The third-order valence-corrected chi connectivity index (χ3v) is 3.01. The summed E-state index contributed by atoms with van der Waals surface area (Å²) >= 11 is 0. The normalized spacial score (nSPS) is 15.4. The Kier molecular flexibility index (Phi) is 3.99. The highest BCUT2D eigenvalue weighted by molar-refractivity contribution is 5.94. The second-order valence-electron chi connectivity index (χ2n) is 4.35. The summed E-state index contributed by atoms with van der Waals surface area (Å²) in [5.74, 6) is 0.0760. The van der Waals surface area contributed by atoms with Crippen molar-refractivity contribution >= 4 is 5.91 Å². The summed E-state index contributed by atoms with van der Waals surface area (Å²) in [7, 11) is 1.67. The van der Waals surface area contributed by atoms with Gasteiger partial charge in [0.05, 0.1) is 6.61 Å². The van der Waals surface area contributed by atoms with E-state index in [2.05, 4.69) is 0 Å². The van der Waals surface area contributed by atoms with E-state index in [9.17, 15) is 9.90 Å². The van der Waals surface area contributed by atoms with Gasteiger partial charge in [0, 0.05) is 25.8 Å². The lowest BCUT2D eigenvalue weighted by Gasteiger charge is -2.26. The molecule has 0 spiro atoms. The summed E-state index contributed by atoms with van der Waals surface area (Å²) in [6.45, 7) is 1.94. The van der Waals surface area contributed by atoms with Gasteiger partial charge in [-0.25, -0.2) is 0 Å². The molecule has 0 saturated carbocycles. The molecule has 1 amide bonds. The van der Waals surface area contributed by atoms with Crippen LogP contribution >= 0.6 is 0 Å². The minimum atomic E-state index is -0.0429. The molecule has 1 aromatic carbocycles. The third kappa shape index (κ3) is 2.90. The molecule has 1 heterocycles. The summed E-state index contributed by atoms with van der Waals surface area (Å²) in [5.41, 5.74) is 1.76. The fourth-order valence-electron chi connectivity index (χ4n) is 2.03. The average molecular weight is 247 g/mol. The first-order valence-corrected chi connectivity index (χ1v) is 5.96. The van der Waals surface area contributed by atoms with E-state index in [-0.39, 0.29) is 11.7 Å². The zero-order valence-corrected chi connectivity index (χ0v) is 10.4. The zero-order valence-electron chi connectivity index (χ0n) is 10.4. The Morgan fingerprint density at radius 2 is 2.33 bits per heavy atom. The van der Waals surface area contributed by atoms with Crippen molar-refractivity contribution in [3.05, 3.63) is 41.5 Å². The molecule has 96 valence electrons. The van der Waals surface area contributed by atoms with Crippen molar-refractivity contribution in [2.45, 2.75) is 6.42 Å². The smallest absolute Gasteiger partial charge is 0.254 e. The van der Waals surface area contributed by atoms with Crippen LogP contribution in [0.2, 0.25) is 0 Å². The van der Waals surface area contributed by atoms with Crippen LogP contribution in [0.25, 0.3) is 0 Å². The molecule has 0 unspecified atom stereocenters. The molecule has 1 aliphatic heterocycles. The van der Waals surface area contributed by atoms with Crippen molar-refractivity contribution in [1.82, 2.24) is 4.90 Å². The first-order chi connectivity index (χ1) is 8.70. The monoisotopic (exact) mass is 247 g/mol. The summed E-state index contributed by atoms with van der Waals surface area (Å²) in [6, 6.07) is 6.45. The van der Waals surface area contributed by atoms with Crippen LogP contribution in [0, 0.1) is 0 Å². The van der Waals surface area contributed by atoms with Crippen molar-refractivity contribution in [3.63, 3.8) is 0 Å². The number of nitrogens with zero attached hydrogens (tertiary/aromatic N) is 1. The van der Waals surface area contributed by atoms with E-state index in [4.69, 9.17) is 4.74 Å². The number of phenolic OH excluding ortho intramolecular Hbond substituents is 1. The van der Waals surface area contributed by atoms with Crippen LogP contribution in [0.1, 0.15) is 16.8 Å². The van der Waals surface area contributed by atoms with E-state index in [0.717, 1.165) is 6.42 Å². The highest BCUT2D eigenvalue weighted by atomic mass is 16.5. The van der Waals surface area contributed by atoms with Crippen LogP contribution < -0.4 is 0 Å². The summed E-state index contributed by atoms with van der Waals surface area (Å²) in [4.78, 5) is 13.9. The van der Waals surface area contributed by atoms with E-state index >= 15 is 0 Å². The number of hydrogen-bond acceptors (Lipinski definition) is 3. The van der Waals surface area contributed by atoms with Crippen molar-refractivity contribution < 1.29 is 14.6 Å². The molecule has 0 fully saturated rings. The third-order valence-electron chi connectivity index (χ3n) is 3.01. The molecule has 0 aliphatic carbocycles. The van der Waals surface area contributed by atoms with Crippen LogP contribution in [-0.2, 0) is 4.74 Å². The van der Waals surface area contributed by atoms with Gasteiger partial charge in [0.2, 0.25) is 0 Å². The summed E-state index contributed by atoms with van der Waals surface area (Å²) in [5, 5.41) is 9.37. The van der Waals surface area contributed by atoms with Gasteiger partial charge in [-0.2, -0.15) is 0 Å². The Bertz CT molecular complexity index is 468. The Morgan fingerprint density at radius 3 is 2.94 bits per heavy atom. The molecule has 0 bridgehead atoms. The van der Waals surface area contributed by atoms with Gasteiger partial charge in [-0.1, -0.05) is 12.1 Å². The predicted octanol–water partition coefficient (Wildman–Crippen LogP) is 1.81. The van der Waals surface area contributed by atoms with Gasteiger partial charge in [0.1, 0.15) is 5.75 Å². The highest BCUT2D eigenvalue weighted by Crippen LogP contribution is 2.16. The molecule has 0 atom stereocenters. The number of phenols is 1. The number of carbonyl (C=O) groups is 1. The second kappa shape index (κ2) is 5.69. The Labute approximate surface area is 106 Å². The van der Waals surface area contributed by atoms with Crippen molar-refractivity contribution in [1.29, 1.82) is 0 Å². The largest absolute Gasteiger partial charge is 0.508 e. The number of rotatable bonds is 3. The Hall–Kier alpha value is -1.81. The molecule has 1 N–H and O–H groups in total. The lowest BCUT2D eigenvalue weighted by Crippen LogP contribution is -2.35. The van der Waals surface area contributed by atoms with E-state index in [1.54, 1.807) is 30.2 Å². The summed E-state index contributed by atoms with van der Waals surface area (Å²) < 4.78 is 5.07. The quantitative estimate of drug-likeness (QED) is 0.829. The van der Waals surface area contributed by atoms with Crippen LogP contribution in [-0.4, -0.2) is 42.7 Å². The van der Waals surface area contributed by atoms with Gasteiger partial charge in [0.15, 0.2) is 0 Å². The standard InChI is InChI=1S/C14H17NO3/c1-18-10-11-5-7-15(8-6-11)14(17)12-3-2-4-13(16)9-12/h2-5,9,16H,6-8,10H2,1H3. The topological polar surface area (TPSA) is 49.8 Å². The van der Waals surface area contributed by atoms with Gasteiger partial charge in [-0.3, -0.25) is 4.79 Å². The number of methoxy groups -OCH3 is 1. The Balaban J connectivity index is 2.04. The van der Waals surface area contributed by atoms with Crippen molar-refractivity contribution in [2.75, 3.05) is 26.8 Å². The lowest BCUT2D eigenvalue weighted by molar-refractivity contribution is 0.0764. The molecular formula is C14H17NO3. The van der Waals surface area contributed by atoms with E-state index in [0.29, 0.717) is 25.3 Å². The SMILES string of the molecule is COCC1=CCN(C(=O)c2cccc(O)c2)CC1. The van der Waals surface area contributed by atoms with E-state index in [1.807, 2.05) is 6.08 Å². The maximum atomic E-state index is 12.2. The van der Waals surface area contributed by atoms with Crippen LogP contribution in [0.15, 0.2) is 35.9 Å². The minimum Gasteiger partial charge on any atom is -0.508 e. The first kappa shape index (κ1) is 12.6. The fraction of sp³-hybridized carbons (Fsp3) is 0.357. The molecule has 18 heavy (non-hydrogen) atoms. The molecule has 4 nitrogen and oxygen atoms in total. The van der Waals surface area contributed by atoms with Crippen LogP contribution in [0.3, 0.4) is 0 Å². The Morgan fingerprint density at radius 1 is 1.50 bits per heavy atom. The number of carbonyl (C=O) groups excluding carboxylic acids is 1. The number of ether oxygens (including phenoxy) is 1. The number of hydrogen-bond donors (Lipinski definition) is 1. The van der Waals surface area contributed by atoms with Crippen LogP contribution in [0.4, 0.5) is 0 Å². The van der Waals surface area contributed by atoms with E-state index in [1.165, 1.54) is 11.6 Å². The maximum absolute atomic E-state index is 12.2. The van der Waals surface area contributed by atoms with Crippen LogP contribution in [0.5, 0.6) is 5.75 Å². The molecular weight excluding hydrogens is 230 g/mol. The zero-order chi connectivity index (χ0) is 13.0. The second-order valence-corrected chi connectivity index (χ2v) is 4.35. The van der Waals surface area contributed by atoms with Crippen molar-refractivity contribution in [3.8, 4) is 5.75 Å². The average Bonchev–Trinajstić information content (AvgIpc) is 2.39. The molecule has 0 saturated heterocycles. The molecule has 1 aromatic rings. The molecule has 1 aliphatic rings. The fourth-order valence-corrected chi connectivity index (χ4v) is 2.03. The predicted molar refractivity (Wildman–Crippen MR) is 68.6 cm³/mol. The number of aromatic hydroxyl groups is 1. The highest BCUT2D eigenvalue weighted by Gasteiger charge is 2.18. The van der Waals surface area contributed by atoms with Gasteiger partial charge >= 0.3 is 0 Å². The van der Waals surface area contributed by atoms with Gasteiger partial charge in [-0.05, 0) is 30.2 Å². The van der Waals surface area contributed by atoms with Gasteiger partial charge in [-0.15, -0.1) is 0 Å². The van der Waals surface area contributed by atoms with Crippen molar-refractivity contribution in [2.24, 2.45) is 0 Å². The molecule has 4 heteroatoms. The van der Waals surface area contributed by atoms with Gasteiger partial charge < -0.3 is 14.7 Å². The number of benzene rings is 1. The first-order valence-electron chi connectivity index (χ1n) is 5.96. The lowest BCUT2D eigenvalue weighted by atomic mass is 10.1. The molecule has 2 rings (SSSR count). The molecule has 0 radical (unpaired) electrons. The maximum Gasteiger partial charge on any atom is 0.254 e. The minimum absolute atomic E-state index is 0.0429. The number of amides is 1. The summed E-state index contributed by atoms with van der Waals surface area (Å²) in [6.07, 6.45) is 2.88. The molecule has 0 aromatic heterocycles. The van der Waals surface area contributed by atoms with E-state index < -0.39 is 0 Å².